The number of piperidine rings is 1. The van der Waals surface area contributed by atoms with Crippen molar-refractivity contribution < 1.29 is 18.3 Å². The number of hydrogen-bond acceptors (Lipinski definition) is 3. The van der Waals surface area contributed by atoms with Crippen LogP contribution in [-0.4, -0.2) is 43.2 Å². The third kappa shape index (κ3) is 4.38. The highest BCUT2D eigenvalue weighted by molar-refractivity contribution is 5.85. The first-order chi connectivity index (χ1) is 10.0. The molecule has 7 heteroatoms. The van der Waals surface area contributed by atoms with E-state index in [0.717, 1.165) is 18.6 Å². The number of methoxy groups -OCH3 is 1. The predicted molar refractivity (Wildman–Crippen MR) is 81.9 cm³/mol. The van der Waals surface area contributed by atoms with E-state index in [-0.39, 0.29) is 36.9 Å². The predicted octanol–water partition coefficient (Wildman–Crippen LogP) is 1.89. The molecule has 0 radical (unpaired) electrons. The molecule has 0 bridgehead atoms. The largest absolute Gasteiger partial charge is 0.381 e. The van der Waals surface area contributed by atoms with Gasteiger partial charge in [0, 0.05) is 26.2 Å². The zero-order valence-electron chi connectivity index (χ0n) is 12.4. The Balaban J connectivity index is 0.00000242. The van der Waals surface area contributed by atoms with Gasteiger partial charge in [-0.3, -0.25) is 4.79 Å². The second-order valence-electron chi connectivity index (χ2n) is 5.28. The molecule has 0 spiro atoms. The molecule has 1 aliphatic rings. The Bertz CT molecular complexity index is 516. The van der Waals surface area contributed by atoms with Gasteiger partial charge < -0.3 is 15.4 Å². The van der Waals surface area contributed by atoms with Crippen molar-refractivity contribution >= 4 is 18.3 Å². The van der Waals surface area contributed by atoms with Gasteiger partial charge in [-0.25, -0.2) is 8.78 Å². The van der Waals surface area contributed by atoms with Crippen LogP contribution in [0.1, 0.15) is 18.4 Å². The number of nitrogens with two attached hydrogens (primary N) is 1. The monoisotopic (exact) mass is 334 g/mol. The Kier molecular flexibility index (Phi) is 7.19. The summed E-state index contributed by atoms with van der Waals surface area (Å²) in [6, 6.07) is 3.46. The van der Waals surface area contributed by atoms with Crippen molar-refractivity contribution in [1.29, 1.82) is 0 Å². The minimum Gasteiger partial charge on any atom is -0.381 e. The van der Waals surface area contributed by atoms with Crippen molar-refractivity contribution in [3.63, 3.8) is 0 Å². The summed E-state index contributed by atoms with van der Waals surface area (Å²) in [7, 11) is 1.65. The summed E-state index contributed by atoms with van der Waals surface area (Å²) >= 11 is 0. The minimum atomic E-state index is -0.936. The summed E-state index contributed by atoms with van der Waals surface area (Å²) in [5.74, 6) is -1.97. The standard InChI is InChI=1S/C15H20F2N2O2.ClH/c1-21-12-4-5-19(11(8-12)9-18)15(20)7-10-2-3-13(16)14(17)6-10;/h2-3,6,11-12H,4-5,7-9,18H2,1H3;1H. The van der Waals surface area contributed by atoms with Gasteiger partial charge in [-0.15, -0.1) is 12.4 Å². The van der Waals surface area contributed by atoms with Crippen LogP contribution in [0.15, 0.2) is 18.2 Å². The molecule has 4 nitrogen and oxygen atoms in total. The summed E-state index contributed by atoms with van der Waals surface area (Å²) in [5, 5.41) is 0. The zero-order chi connectivity index (χ0) is 15.4. The molecule has 2 rings (SSSR count). The van der Waals surface area contributed by atoms with Gasteiger partial charge in [0.2, 0.25) is 5.91 Å². The quantitative estimate of drug-likeness (QED) is 0.915. The summed E-state index contributed by atoms with van der Waals surface area (Å²) < 4.78 is 31.4. The van der Waals surface area contributed by atoms with E-state index in [0.29, 0.717) is 25.1 Å². The fourth-order valence-electron chi connectivity index (χ4n) is 2.71. The van der Waals surface area contributed by atoms with Gasteiger partial charge in [0.15, 0.2) is 11.6 Å². The van der Waals surface area contributed by atoms with Crippen LogP contribution in [0.4, 0.5) is 8.78 Å². The van der Waals surface area contributed by atoms with E-state index in [9.17, 15) is 13.6 Å². The molecule has 2 atom stereocenters. The molecular formula is C15H21ClF2N2O2. The number of hydrogen-bond donors (Lipinski definition) is 1. The molecule has 124 valence electrons. The normalized spacial score (nSPS) is 21.4. The van der Waals surface area contributed by atoms with Crippen molar-refractivity contribution in [2.75, 3.05) is 20.2 Å². The average molecular weight is 335 g/mol. The number of nitrogens with zero attached hydrogens (tertiary/aromatic N) is 1. The van der Waals surface area contributed by atoms with Gasteiger partial charge in [0.1, 0.15) is 0 Å². The van der Waals surface area contributed by atoms with Crippen LogP contribution >= 0.6 is 12.4 Å². The number of amides is 1. The lowest BCUT2D eigenvalue weighted by Gasteiger charge is -2.38. The van der Waals surface area contributed by atoms with E-state index in [1.165, 1.54) is 6.07 Å². The Morgan fingerprint density at radius 1 is 1.41 bits per heavy atom. The van der Waals surface area contributed by atoms with Crippen molar-refractivity contribution in [2.24, 2.45) is 5.73 Å². The number of ether oxygens (including phenoxy) is 1. The molecular weight excluding hydrogens is 314 g/mol. The Hall–Kier alpha value is -1.24. The highest BCUT2D eigenvalue weighted by Gasteiger charge is 2.30. The first kappa shape index (κ1) is 18.8. The van der Waals surface area contributed by atoms with E-state index in [4.69, 9.17) is 10.5 Å². The smallest absolute Gasteiger partial charge is 0.227 e. The Morgan fingerprint density at radius 3 is 2.73 bits per heavy atom. The van der Waals surface area contributed by atoms with E-state index < -0.39 is 11.6 Å². The van der Waals surface area contributed by atoms with Gasteiger partial charge in [0.25, 0.3) is 0 Å². The third-order valence-corrected chi connectivity index (χ3v) is 3.93. The molecule has 1 heterocycles. The van der Waals surface area contributed by atoms with Crippen LogP contribution in [0.5, 0.6) is 0 Å². The highest BCUT2D eigenvalue weighted by Crippen LogP contribution is 2.20. The van der Waals surface area contributed by atoms with E-state index in [1.54, 1.807) is 12.0 Å². The SMILES string of the molecule is COC1CCN(C(=O)Cc2ccc(F)c(F)c2)C(CN)C1.Cl. The molecule has 1 aromatic carbocycles. The first-order valence-corrected chi connectivity index (χ1v) is 7.01. The summed E-state index contributed by atoms with van der Waals surface area (Å²) in [5.41, 5.74) is 6.19. The van der Waals surface area contributed by atoms with E-state index >= 15 is 0 Å². The maximum absolute atomic E-state index is 13.2. The topological polar surface area (TPSA) is 55.6 Å². The van der Waals surface area contributed by atoms with Gasteiger partial charge >= 0.3 is 0 Å². The second-order valence-corrected chi connectivity index (χ2v) is 5.28. The molecule has 1 aliphatic heterocycles. The maximum atomic E-state index is 13.2. The fourth-order valence-corrected chi connectivity index (χ4v) is 2.71. The molecule has 2 unspecified atom stereocenters. The Morgan fingerprint density at radius 2 is 2.14 bits per heavy atom. The number of carbonyl (C=O) groups is 1. The van der Waals surface area contributed by atoms with Gasteiger partial charge in [0.05, 0.1) is 12.5 Å². The number of likely N-dealkylation sites (tertiary alicyclic amines) is 1. The Labute approximate surface area is 135 Å². The summed E-state index contributed by atoms with van der Waals surface area (Å²) in [6.07, 6.45) is 1.63. The van der Waals surface area contributed by atoms with Gasteiger partial charge in [-0.2, -0.15) is 0 Å². The van der Waals surface area contributed by atoms with Crippen LogP contribution in [0, 0.1) is 11.6 Å². The number of halogens is 3. The van der Waals surface area contributed by atoms with Crippen LogP contribution in [-0.2, 0) is 16.0 Å². The summed E-state index contributed by atoms with van der Waals surface area (Å²) in [4.78, 5) is 14.1. The molecule has 2 N–H and O–H groups in total. The lowest BCUT2D eigenvalue weighted by atomic mass is 9.98. The van der Waals surface area contributed by atoms with Gasteiger partial charge in [-0.05, 0) is 30.5 Å². The van der Waals surface area contributed by atoms with Crippen molar-refractivity contribution in [3.8, 4) is 0 Å². The molecule has 0 aromatic heterocycles. The van der Waals surface area contributed by atoms with E-state index in [2.05, 4.69) is 0 Å². The fraction of sp³-hybridized carbons (Fsp3) is 0.533. The first-order valence-electron chi connectivity index (χ1n) is 7.01. The molecule has 1 fully saturated rings. The molecule has 0 aliphatic carbocycles. The van der Waals surface area contributed by atoms with Crippen molar-refractivity contribution in [2.45, 2.75) is 31.4 Å². The molecule has 22 heavy (non-hydrogen) atoms. The highest BCUT2D eigenvalue weighted by atomic mass is 35.5. The second kappa shape index (κ2) is 8.41. The molecule has 1 amide bonds. The van der Waals surface area contributed by atoms with Crippen molar-refractivity contribution in [3.05, 3.63) is 35.4 Å². The van der Waals surface area contributed by atoms with E-state index in [1.807, 2.05) is 0 Å². The van der Waals surface area contributed by atoms with Crippen molar-refractivity contribution in [1.82, 2.24) is 4.90 Å². The molecule has 1 saturated heterocycles. The van der Waals surface area contributed by atoms with Gasteiger partial charge in [-0.1, -0.05) is 6.07 Å². The number of benzene rings is 1. The number of rotatable bonds is 4. The van der Waals surface area contributed by atoms with Crippen LogP contribution < -0.4 is 5.73 Å². The average Bonchev–Trinajstić information content (AvgIpc) is 2.50. The lowest BCUT2D eigenvalue weighted by molar-refractivity contribution is -0.136. The molecule has 1 aromatic rings. The van der Waals surface area contributed by atoms with Crippen LogP contribution in [0.2, 0.25) is 0 Å². The van der Waals surface area contributed by atoms with Crippen LogP contribution in [0.3, 0.4) is 0 Å². The third-order valence-electron chi connectivity index (χ3n) is 3.93. The van der Waals surface area contributed by atoms with Crippen LogP contribution in [0.25, 0.3) is 0 Å². The maximum Gasteiger partial charge on any atom is 0.227 e. The molecule has 0 saturated carbocycles. The lowest BCUT2D eigenvalue weighted by Crippen LogP contribution is -2.51. The minimum absolute atomic E-state index is 0. The number of carbonyl (C=O) groups excluding carboxylic acids is 1. The zero-order valence-corrected chi connectivity index (χ0v) is 13.2. The summed E-state index contributed by atoms with van der Waals surface area (Å²) in [6.45, 7) is 0.937.